The van der Waals surface area contributed by atoms with E-state index in [1.807, 2.05) is 0 Å². The molecule has 1 rings (SSSR count). The first-order chi connectivity index (χ1) is 8.21. The number of nitro groups is 1. The number of ketones is 1. The summed E-state index contributed by atoms with van der Waals surface area (Å²) in [6.07, 6.45) is 0. The van der Waals surface area contributed by atoms with Crippen LogP contribution in [0.15, 0.2) is 18.2 Å². The highest BCUT2D eigenvalue weighted by molar-refractivity contribution is 6.30. The molecule has 0 fully saturated rings. The number of Topliss-reactive ketones (excluding diaryl/α,β-unsaturated/α-hetero) is 1. The first-order valence-corrected chi connectivity index (χ1v) is 5.69. The van der Waals surface area contributed by atoms with E-state index in [0.29, 0.717) is 5.02 Å². The van der Waals surface area contributed by atoms with Crippen LogP contribution in [-0.4, -0.2) is 17.3 Å². The van der Waals surface area contributed by atoms with E-state index in [0.717, 1.165) is 0 Å². The monoisotopic (exact) mass is 271 g/mol. The largest absolute Gasteiger partial charge is 0.479 e. The maximum atomic E-state index is 11.7. The summed E-state index contributed by atoms with van der Waals surface area (Å²) in [7, 11) is 0. The zero-order valence-corrected chi connectivity index (χ0v) is 11.2. The molecule has 0 spiro atoms. The predicted molar refractivity (Wildman–Crippen MR) is 68.1 cm³/mol. The van der Waals surface area contributed by atoms with Crippen LogP contribution in [0.1, 0.15) is 20.8 Å². The van der Waals surface area contributed by atoms with Gasteiger partial charge in [0.1, 0.15) is 6.61 Å². The lowest BCUT2D eigenvalue weighted by Gasteiger charge is -2.16. The Morgan fingerprint density at radius 3 is 2.56 bits per heavy atom. The van der Waals surface area contributed by atoms with E-state index in [9.17, 15) is 14.9 Å². The van der Waals surface area contributed by atoms with Crippen molar-refractivity contribution in [2.45, 2.75) is 20.8 Å². The van der Waals surface area contributed by atoms with Gasteiger partial charge in [0.2, 0.25) is 0 Å². The first kappa shape index (κ1) is 14.4. The maximum absolute atomic E-state index is 11.7. The molecule has 0 radical (unpaired) electrons. The summed E-state index contributed by atoms with van der Waals surface area (Å²) in [6, 6.07) is 3.98. The average Bonchev–Trinajstić information content (AvgIpc) is 2.24. The molecule has 0 aliphatic carbocycles. The highest BCUT2D eigenvalue weighted by Gasteiger charge is 2.23. The van der Waals surface area contributed by atoms with Crippen molar-refractivity contribution in [3.05, 3.63) is 33.3 Å². The SMILES string of the molecule is CC(C)(C)C(=O)COc1cc(Cl)ccc1[N+](=O)[O-]. The zero-order chi connectivity index (χ0) is 13.9. The van der Waals surface area contributed by atoms with E-state index in [1.165, 1.54) is 18.2 Å². The van der Waals surface area contributed by atoms with Crippen LogP contribution in [0.2, 0.25) is 5.02 Å². The molecular formula is C12H14ClNO4. The van der Waals surface area contributed by atoms with Gasteiger partial charge in [-0.05, 0) is 6.07 Å². The number of nitro benzene ring substituents is 1. The van der Waals surface area contributed by atoms with Crippen molar-refractivity contribution in [1.82, 2.24) is 0 Å². The van der Waals surface area contributed by atoms with Crippen molar-refractivity contribution in [3.8, 4) is 5.75 Å². The van der Waals surface area contributed by atoms with Gasteiger partial charge < -0.3 is 4.74 Å². The third-order valence-electron chi connectivity index (χ3n) is 2.31. The van der Waals surface area contributed by atoms with Crippen molar-refractivity contribution >= 4 is 23.1 Å². The molecule has 6 heteroatoms. The van der Waals surface area contributed by atoms with E-state index < -0.39 is 10.3 Å². The summed E-state index contributed by atoms with van der Waals surface area (Å²) in [5, 5.41) is 11.1. The fraction of sp³-hybridized carbons (Fsp3) is 0.417. The number of hydrogen-bond donors (Lipinski definition) is 0. The molecule has 0 saturated carbocycles. The van der Waals surface area contributed by atoms with Crippen LogP contribution in [0.4, 0.5) is 5.69 Å². The van der Waals surface area contributed by atoms with Gasteiger partial charge >= 0.3 is 5.69 Å². The molecule has 0 unspecified atom stereocenters. The zero-order valence-electron chi connectivity index (χ0n) is 10.4. The van der Waals surface area contributed by atoms with E-state index in [-0.39, 0.29) is 23.8 Å². The molecule has 0 amide bonds. The van der Waals surface area contributed by atoms with Crippen LogP contribution in [0.5, 0.6) is 5.75 Å². The number of rotatable bonds is 4. The average molecular weight is 272 g/mol. The fourth-order valence-electron chi connectivity index (χ4n) is 1.11. The van der Waals surface area contributed by atoms with Crippen molar-refractivity contribution in [3.63, 3.8) is 0 Å². The second kappa shape index (κ2) is 5.35. The Labute approximate surface area is 110 Å². The van der Waals surface area contributed by atoms with Gasteiger partial charge in [-0.3, -0.25) is 14.9 Å². The van der Waals surface area contributed by atoms with Gasteiger partial charge in [-0.1, -0.05) is 32.4 Å². The van der Waals surface area contributed by atoms with Gasteiger partial charge in [0.25, 0.3) is 0 Å². The van der Waals surface area contributed by atoms with Crippen LogP contribution in [0.3, 0.4) is 0 Å². The Hall–Kier alpha value is -1.62. The van der Waals surface area contributed by atoms with Crippen molar-refractivity contribution in [1.29, 1.82) is 0 Å². The summed E-state index contributed by atoms with van der Waals surface area (Å²) in [6.45, 7) is 5.05. The molecule has 5 nitrogen and oxygen atoms in total. The molecule has 0 N–H and O–H groups in total. The normalized spacial score (nSPS) is 11.1. The van der Waals surface area contributed by atoms with Crippen LogP contribution in [0, 0.1) is 15.5 Å². The number of ether oxygens (including phenoxy) is 1. The molecule has 0 atom stereocenters. The van der Waals surface area contributed by atoms with Crippen LogP contribution < -0.4 is 4.74 Å². The molecule has 98 valence electrons. The molecule has 1 aromatic carbocycles. The van der Waals surface area contributed by atoms with Gasteiger partial charge in [-0.15, -0.1) is 0 Å². The lowest BCUT2D eigenvalue weighted by atomic mass is 9.91. The van der Waals surface area contributed by atoms with Crippen molar-refractivity contribution in [2.24, 2.45) is 5.41 Å². The minimum atomic E-state index is -0.576. The second-order valence-electron chi connectivity index (χ2n) is 4.83. The highest BCUT2D eigenvalue weighted by atomic mass is 35.5. The third-order valence-corrected chi connectivity index (χ3v) is 2.55. The standard InChI is InChI=1S/C12H14ClNO4/c1-12(2,3)11(15)7-18-10-6-8(13)4-5-9(10)14(16)17/h4-6H,7H2,1-3H3. The third kappa shape index (κ3) is 3.70. The van der Waals surface area contributed by atoms with E-state index in [1.54, 1.807) is 20.8 Å². The number of halogens is 1. The molecule has 0 aliphatic rings. The molecule has 0 bridgehead atoms. The van der Waals surface area contributed by atoms with Crippen molar-refractivity contribution < 1.29 is 14.5 Å². The maximum Gasteiger partial charge on any atom is 0.311 e. The molecule has 0 heterocycles. The Morgan fingerprint density at radius 2 is 2.06 bits per heavy atom. The van der Waals surface area contributed by atoms with Crippen LogP contribution in [-0.2, 0) is 4.79 Å². The minimum absolute atomic E-state index is 0.00472. The van der Waals surface area contributed by atoms with Crippen LogP contribution in [0.25, 0.3) is 0 Å². The van der Waals surface area contributed by atoms with Crippen LogP contribution >= 0.6 is 11.6 Å². The first-order valence-electron chi connectivity index (χ1n) is 5.32. The topological polar surface area (TPSA) is 69.4 Å². The van der Waals surface area contributed by atoms with Gasteiger partial charge in [0, 0.05) is 22.6 Å². The molecule has 1 aromatic rings. The highest BCUT2D eigenvalue weighted by Crippen LogP contribution is 2.30. The Balaban J connectivity index is 2.87. The quantitative estimate of drug-likeness (QED) is 0.623. The Kier molecular flexibility index (Phi) is 4.29. The molecule has 0 saturated heterocycles. The van der Waals surface area contributed by atoms with Gasteiger partial charge in [-0.25, -0.2) is 0 Å². The lowest BCUT2D eigenvalue weighted by Crippen LogP contribution is -2.26. The van der Waals surface area contributed by atoms with E-state index >= 15 is 0 Å². The number of hydrogen-bond acceptors (Lipinski definition) is 4. The number of benzene rings is 1. The Bertz CT molecular complexity index is 479. The second-order valence-corrected chi connectivity index (χ2v) is 5.27. The smallest absolute Gasteiger partial charge is 0.311 e. The number of carbonyl (C=O) groups is 1. The minimum Gasteiger partial charge on any atom is -0.479 e. The summed E-state index contributed by atoms with van der Waals surface area (Å²) < 4.78 is 5.19. The van der Waals surface area contributed by atoms with Crippen molar-refractivity contribution in [2.75, 3.05) is 6.61 Å². The van der Waals surface area contributed by atoms with Gasteiger partial charge in [-0.2, -0.15) is 0 Å². The summed E-state index contributed by atoms with van der Waals surface area (Å²) in [4.78, 5) is 21.9. The molecule has 18 heavy (non-hydrogen) atoms. The molecule has 0 aliphatic heterocycles. The molecule has 0 aromatic heterocycles. The number of carbonyl (C=O) groups excluding carboxylic acids is 1. The predicted octanol–water partition coefficient (Wildman–Crippen LogP) is 3.24. The van der Waals surface area contributed by atoms with E-state index in [2.05, 4.69) is 0 Å². The van der Waals surface area contributed by atoms with Gasteiger partial charge in [0.05, 0.1) is 4.92 Å². The van der Waals surface area contributed by atoms with Gasteiger partial charge in [0.15, 0.2) is 11.5 Å². The Morgan fingerprint density at radius 1 is 1.44 bits per heavy atom. The summed E-state index contributed by atoms with van der Waals surface area (Å²) >= 11 is 5.74. The fourth-order valence-corrected chi connectivity index (χ4v) is 1.28. The summed E-state index contributed by atoms with van der Waals surface area (Å²) in [5.41, 5.74) is -0.756. The lowest BCUT2D eigenvalue weighted by molar-refractivity contribution is -0.385. The number of nitrogens with zero attached hydrogens (tertiary/aromatic N) is 1. The van der Waals surface area contributed by atoms with E-state index in [4.69, 9.17) is 16.3 Å². The molecular weight excluding hydrogens is 258 g/mol. The summed E-state index contributed by atoms with van der Waals surface area (Å²) in [5.74, 6) is -0.137.